The average molecular weight is 176 g/mol. The monoisotopic (exact) mass is 176 g/mol. The van der Waals surface area contributed by atoms with Crippen molar-refractivity contribution < 1.29 is 4.39 Å². The van der Waals surface area contributed by atoms with Gasteiger partial charge < -0.3 is 5.32 Å². The van der Waals surface area contributed by atoms with Gasteiger partial charge in [0.05, 0.1) is 5.56 Å². The number of halogens is 1. The Balaban J connectivity index is 2.52. The van der Waals surface area contributed by atoms with Gasteiger partial charge in [0.2, 0.25) is 0 Å². The lowest BCUT2D eigenvalue weighted by molar-refractivity contribution is 0.601. The van der Waals surface area contributed by atoms with Crippen molar-refractivity contribution in [3.05, 3.63) is 34.6 Å². The standard InChI is InChI=1S/C10H9FN2/c11-10-4-9-6-13-2-1-7(9)3-8(10)5-12/h3-4,13H,1-2,6H2. The SMILES string of the molecule is N#Cc1cc2c(cc1F)CNCC2. The van der Waals surface area contributed by atoms with Gasteiger partial charge in [0.15, 0.2) is 0 Å². The summed E-state index contributed by atoms with van der Waals surface area (Å²) in [5, 5.41) is 11.8. The van der Waals surface area contributed by atoms with Gasteiger partial charge in [-0.3, -0.25) is 0 Å². The second-order valence-corrected chi connectivity index (χ2v) is 3.14. The number of hydrogen-bond acceptors (Lipinski definition) is 2. The number of nitrogens with one attached hydrogen (secondary N) is 1. The first-order valence-electron chi connectivity index (χ1n) is 4.23. The molecule has 0 amide bonds. The van der Waals surface area contributed by atoms with Gasteiger partial charge in [-0.15, -0.1) is 0 Å². The largest absolute Gasteiger partial charge is 0.312 e. The number of rotatable bonds is 0. The van der Waals surface area contributed by atoms with Crippen LogP contribution in [0.3, 0.4) is 0 Å². The Kier molecular flexibility index (Phi) is 1.99. The smallest absolute Gasteiger partial charge is 0.141 e. The molecule has 1 aliphatic rings. The zero-order chi connectivity index (χ0) is 9.26. The topological polar surface area (TPSA) is 35.8 Å². The van der Waals surface area contributed by atoms with E-state index in [9.17, 15) is 4.39 Å². The lowest BCUT2D eigenvalue weighted by Gasteiger charge is -2.16. The van der Waals surface area contributed by atoms with E-state index in [1.807, 2.05) is 6.07 Å². The number of benzene rings is 1. The Morgan fingerprint density at radius 3 is 3.00 bits per heavy atom. The molecule has 0 saturated heterocycles. The van der Waals surface area contributed by atoms with Crippen molar-refractivity contribution >= 4 is 0 Å². The van der Waals surface area contributed by atoms with E-state index in [0.29, 0.717) is 6.54 Å². The second kappa shape index (κ2) is 3.15. The lowest BCUT2D eigenvalue weighted by Crippen LogP contribution is -2.23. The molecule has 0 aromatic heterocycles. The molecule has 66 valence electrons. The van der Waals surface area contributed by atoms with Crippen molar-refractivity contribution in [3.63, 3.8) is 0 Å². The molecule has 1 aromatic rings. The summed E-state index contributed by atoms with van der Waals surface area (Å²) in [6, 6.07) is 4.97. The molecule has 0 unspecified atom stereocenters. The Hall–Kier alpha value is -1.40. The zero-order valence-electron chi connectivity index (χ0n) is 7.10. The van der Waals surface area contributed by atoms with Gasteiger partial charge in [0, 0.05) is 6.54 Å². The Morgan fingerprint density at radius 2 is 2.23 bits per heavy atom. The van der Waals surface area contributed by atoms with Gasteiger partial charge in [0.25, 0.3) is 0 Å². The van der Waals surface area contributed by atoms with Crippen molar-refractivity contribution in [2.75, 3.05) is 6.54 Å². The van der Waals surface area contributed by atoms with E-state index >= 15 is 0 Å². The molecule has 1 N–H and O–H groups in total. The van der Waals surface area contributed by atoms with Crippen molar-refractivity contribution in [2.24, 2.45) is 0 Å². The normalized spacial score (nSPS) is 14.8. The van der Waals surface area contributed by atoms with Gasteiger partial charge in [-0.2, -0.15) is 5.26 Å². The first-order chi connectivity index (χ1) is 6.31. The van der Waals surface area contributed by atoms with Crippen molar-refractivity contribution in [2.45, 2.75) is 13.0 Å². The molecule has 0 saturated carbocycles. The summed E-state index contributed by atoms with van der Waals surface area (Å²) in [4.78, 5) is 0. The molecule has 0 radical (unpaired) electrons. The van der Waals surface area contributed by atoms with E-state index in [4.69, 9.17) is 5.26 Å². The number of nitrogens with zero attached hydrogens (tertiary/aromatic N) is 1. The van der Waals surface area contributed by atoms with Gasteiger partial charge >= 0.3 is 0 Å². The molecule has 2 nitrogen and oxygen atoms in total. The minimum Gasteiger partial charge on any atom is -0.312 e. The fourth-order valence-electron chi connectivity index (χ4n) is 1.59. The Bertz CT molecular complexity index is 379. The van der Waals surface area contributed by atoms with Crippen molar-refractivity contribution in [3.8, 4) is 6.07 Å². The third-order valence-corrected chi connectivity index (χ3v) is 2.30. The summed E-state index contributed by atoms with van der Waals surface area (Å²) >= 11 is 0. The van der Waals surface area contributed by atoms with Crippen molar-refractivity contribution in [1.29, 1.82) is 5.26 Å². The fraction of sp³-hybridized carbons (Fsp3) is 0.300. The summed E-state index contributed by atoms with van der Waals surface area (Å²) in [5.74, 6) is -0.412. The van der Waals surface area contributed by atoms with Gasteiger partial charge in [-0.05, 0) is 36.2 Å². The highest BCUT2D eigenvalue weighted by atomic mass is 19.1. The minimum atomic E-state index is -0.412. The molecule has 3 heteroatoms. The van der Waals surface area contributed by atoms with Crippen LogP contribution in [0.4, 0.5) is 4.39 Å². The molecule has 0 spiro atoms. The number of fused-ring (bicyclic) bond motifs is 1. The maximum atomic E-state index is 13.1. The summed E-state index contributed by atoms with van der Waals surface area (Å²) in [7, 11) is 0. The molecular formula is C10H9FN2. The molecular weight excluding hydrogens is 167 g/mol. The maximum Gasteiger partial charge on any atom is 0.141 e. The number of hydrogen-bond donors (Lipinski definition) is 1. The maximum absolute atomic E-state index is 13.1. The minimum absolute atomic E-state index is 0.153. The molecule has 0 aliphatic carbocycles. The molecule has 0 fully saturated rings. The predicted octanol–water partition coefficient (Wildman–Crippen LogP) is 1.34. The van der Waals surface area contributed by atoms with Crippen LogP contribution in [-0.2, 0) is 13.0 Å². The van der Waals surface area contributed by atoms with Crippen LogP contribution in [0.2, 0.25) is 0 Å². The van der Waals surface area contributed by atoms with Crippen LogP contribution in [0.5, 0.6) is 0 Å². The molecule has 0 atom stereocenters. The van der Waals surface area contributed by atoms with E-state index in [1.165, 1.54) is 6.07 Å². The highest BCUT2D eigenvalue weighted by molar-refractivity contribution is 5.40. The first kappa shape index (κ1) is 8.21. The molecule has 0 bridgehead atoms. The third kappa shape index (κ3) is 1.41. The first-order valence-corrected chi connectivity index (χ1v) is 4.23. The number of nitriles is 1. The average Bonchev–Trinajstić information content (AvgIpc) is 2.17. The second-order valence-electron chi connectivity index (χ2n) is 3.14. The predicted molar refractivity (Wildman–Crippen MR) is 46.5 cm³/mol. The Morgan fingerprint density at radius 1 is 1.38 bits per heavy atom. The van der Waals surface area contributed by atoms with E-state index in [2.05, 4.69) is 5.32 Å². The summed E-state index contributed by atoms with van der Waals surface area (Å²) in [6.07, 6.45) is 0.879. The highest BCUT2D eigenvalue weighted by Crippen LogP contribution is 2.18. The van der Waals surface area contributed by atoms with Crippen LogP contribution in [0.25, 0.3) is 0 Å². The summed E-state index contributed by atoms with van der Waals surface area (Å²) < 4.78 is 13.1. The third-order valence-electron chi connectivity index (χ3n) is 2.30. The highest BCUT2D eigenvalue weighted by Gasteiger charge is 2.12. The van der Waals surface area contributed by atoms with Crippen molar-refractivity contribution in [1.82, 2.24) is 5.32 Å². The quantitative estimate of drug-likeness (QED) is 0.647. The van der Waals surface area contributed by atoms with Crippen LogP contribution in [0, 0.1) is 17.1 Å². The van der Waals surface area contributed by atoms with E-state index in [1.54, 1.807) is 6.07 Å². The summed E-state index contributed by atoms with van der Waals surface area (Å²) in [5.41, 5.74) is 2.22. The lowest BCUT2D eigenvalue weighted by atomic mass is 9.98. The van der Waals surface area contributed by atoms with Crippen LogP contribution in [0.15, 0.2) is 12.1 Å². The molecule has 2 rings (SSSR count). The molecule has 1 heterocycles. The molecule has 13 heavy (non-hydrogen) atoms. The van der Waals surface area contributed by atoms with Gasteiger partial charge in [-0.1, -0.05) is 0 Å². The summed E-state index contributed by atoms with van der Waals surface area (Å²) in [6.45, 7) is 1.61. The van der Waals surface area contributed by atoms with Crippen LogP contribution >= 0.6 is 0 Å². The van der Waals surface area contributed by atoms with Crippen LogP contribution in [-0.4, -0.2) is 6.54 Å². The van der Waals surface area contributed by atoms with Gasteiger partial charge in [0.1, 0.15) is 11.9 Å². The van der Waals surface area contributed by atoms with E-state index in [-0.39, 0.29) is 5.56 Å². The Labute approximate surface area is 76.0 Å². The van der Waals surface area contributed by atoms with Crippen LogP contribution < -0.4 is 5.32 Å². The van der Waals surface area contributed by atoms with E-state index in [0.717, 1.165) is 24.1 Å². The van der Waals surface area contributed by atoms with Crippen LogP contribution in [0.1, 0.15) is 16.7 Å². The van der Waals surface area contributed by atoms with E-state index < -0.39 is 5.82 Å². The molecule has 1 aliphatic heterocycles. The zero-order valence-corrected chi connectivity index (χ0v) is 7.10. The fourth-order valence-corrected chi connectivity index (χ4v) is 1.59. The van der Waals surface area contributed by atoms with Gasteiger partial charge in [-0.25, -0.2) is 4.39 Å². The molecule has 1 aromatic carbocycles.